The molecule has 3 nitrogen and oxygen atoms in total. The molecular formula is C21H42O3. The van der Waals surface area contributed by atoms with Gasteiger partial charge in [-0.3, -0.25) is 4.79 Å². The highest BCUT2D eigenvalue weighted by atomic mass is 16.5. The molecule has 0 amide bonds. The van der Waals surface area contributed by atoms with Gasteiger partial charge in [0.1, 0.15) is 0 Å². The quantitative estimate of drug-likeness (QED) is 0.281. The fourth-order valence-corrected chi connectivity index (χ4v) is 2.97. The van der Waals surface area contributed by atoms with Crippen LogP contribution in [0.5, 0.6) is 0 Å². The number of hydrogen-bond acceptors (Lipinski definition) is 3. The van der Waals surface area contributed by atoms with E-state index in [1.54, 1.807) is 0 Å². The summed E-state index contributed by atoms with van der Waals surface area (Å²) >= 11 is 0. The van der Waals surface area contributed by atoms with E-state index in [1.807, 2.05) is 0 Å². The Morgan fingerprint density at radius 3 is 1.83 bits per heavy atom. The van der Waals surface area contributed by atoms with Crippen molar-refractivity contribution >= 4 is 6.47 Å². The Bertz CT molecular complexity index is 310. The summed E-state index contributed by atoms with van der Waals surface area (Å²) in [5, 5.41) is 10.1. The molecule has 0 aromatic carbocycles. The summed E-state index contributed by atoms with van der Waals surface area (Å²) in [6.07, 6.45) is 12.4. The van der Waals surface area contributed by atoms with Crippen LogP contribution in [0, 0.1) is 10.8 Å². The van der Waals surface area contributed by atoms with Crippen molar-refractivity contribution in [1.82, 2.24) is 0 Å². The average molecular weight is 343 g/mol. The van der Waals surface area contributed by atoms with Crippen LogP contribution in [0.25, 0.3) is 0 Å². The van der Waals surface area contributed by atoms with Crippen molar-refractivity contribution < 1.29 is 14.6 Å². The molecule has 1 atom stereocenters. The number of aliphatic hydroxyl groups is 1. The van der Waals surface area contributed by atoms with Crippen LogP contribution in [-0.4, -0.2) is 24.3 Å². The van der Waals surface area contributed by atoms with E-state index < -0.39 is 0 Å². The molecule has 24 heavy (non-hydrogen) atoms. The Hall–Kier alpha value is -0.570. The molecule has 0 aliphatic heterocycles. The van der Waals surface area contributed by atoms with E-state index in [9.17, 15) is 9.90 Å². The number of unbranched alkanes of at least 4 members (excludes halogenated alkanes) is 4. The highest BCUT2D eigenvalue weighted by Gasteiger charge is 2.18. The lowest BCUT2D eigenvalue weighted by Crippen LogP contribution is -2.18. The van der Waals surface area contributed by atoms with Gasteiger partial charge in [-0.2, -0.15) is 0 Å². The molecule has 0 aromatic heterocycles. The van der Waals surface area contributed by atoms with Crippen LogP contribution in [0.1, 0.15) is 105 Å². The minimum Gasteiger partial charge on any atom is -0.467 e. The van der Waals surface area contributed by atoms with Crippen LogP contribution >= 0.6 is 0 Å². The van der Waals surface area contributed by atoms with E-state index in [0.29, 0.717) is 18.5 Å². The Kier molecular flexibility index (Phi) is 12.4. The maximum absolute atomic E-state index is 10.2. The van der Waals surface area contributed by atoms with Crippen molar-refractivity contribution in [3.8, 4) is 0 Å². The molecule has 0 aromatic rings. The van der Waals surface area contributed by atoms with Gasteiger partial charge in [0.25, 0.3) is 6.47 Å². The van der Waals surface area contributed by atoms with Crippen LogP contribution in [0.2, 0.25) is 0 Å². The largest absolute Gasteiger partial charge is 0.467 e. The molecule has 0 radical (unpaired) electrons. The average Bonchev–Trinajstić information content (AvgIpc) is 2.52. The lowest BCUT2D eigenvalue weighted by molar-refractivity contribution is -0.131. The zero-order valence-corrected chi connectivity index (χ0v) is 16.9. The second-order valence-electron chi connectivity index (χ2n) is 8.94. The topological polar surface area (TPSA) is 46.5 Å². The number of ether oxygens (including phenoxy) is 1. The van der Waals surface area contributed by atoms with Gasteiger partial charge < -0.3 is 9.84 Å². The summed E-state index contributed by atoms with van der Waals surface area (Å²) in [6.45, 7) is 12.2. The molecule has 0 saturated carbocycles. The van der Waals surface area contributed by atoms with Gasteiger partial charge in [-0.1, -0.05) is 79.6 Å². The molecule has 0 fully saturated rings. The standard InChI is InChI=1S/C21H42O3/c1-6-20(2,3)15-11-7-9-13-19(23)14-10-8-12-16-21(4,5)17-24-18-22/h18-19,23H,6-17H2,1-5H3. The Morgan fingerprint density at radius 2 is 1.38 bits per heavy atom. The normalized spacial score (nSPS) is 13.8. The fraction of sp³-hybridized carbons (Fsp3) is 0.952. The number of carbonyl (C=O) groups excluding carboxylic acids is 1. The summed E-state index contributed by atoms with van der Waals surface area (Å²) in [4.78, 5) is 10.2. The minimum absolute atomic E-state index is 0.0613. The van der Waals surface area contributed by atoms with E-state index in [1.165, 1.54) is 25.7 Å². The maximum atomic E-state index is 10.2. The monoisotopic (exact) mass is 342 g/mol. The van der Waals surface area contributed by atoms with Gasteiger partial charge in [0.2, 0.25) is 0 Å². The first kappa shape index (κ1) is 23.4. The Balaban J connectivity index is 3.53. The Morgan fingerprint density at radius 1 is 0.875 bits per heavy atom. The van der Waals surface area contributed by atoms with Crippen molar-refractivity contribution in [2.45, 2.75) is 111 Å². The molecule has 0 spiro atoms. The summed E-state index contributed by atoms with van der Waals surface area (Å²) < 4.78 is 4.87. The summed E-state index contributed by atoms with van der Waals surface area (Å²) in [6, 6.07) is 0. The van der Waals surface area contributed by atoms with E-state index >= 15 is 0 Å². The lowest BCUT2D eigenvalue weighted by atomic mass is 9.84. The molecular weight excluding hydrogens is 300 g/mol. The predicted molar refractivity (Wildman–Crippen MR) is 102 cm³/mol. The molecule has 3 heteroatoms. The molecule has 144 valence electrons. The van der Waals surface area contributed by atoms with Gasteiger partial charge >= 0.3 is 0 Å². The molecule has 0 saturated heterocycles. The predicted octanol–water partition coefficient (Wildman–Crippen LogP) is 5.88. The lowest BCUT2D eigenvalue weighted by Gasteiger charge is -2.23. The maximum Gasteiger partial charge on any atom is 0.293 e. The number of rotatable bonds is 16. The Labute approximate surface area is 150 Å². The second-order valence-corrected chi connectivity index (χ2v) is 8.94. The highest BCUT2D eigenvalue weighted by Crippen LogP contribution is 2.27. The van der Waals surface area contributed by atoms with Crippen LogP contribution in [-0.2, 0) is 9.53 Å². The summed E-state index contributed by atoms with van der Waals surface area (Å²) in [5.41, 5.74) is 0.537. The van der Waals surface area contributed by atoms with Crippen LogP contribution < -0.4 is 0 Å². The molecule has 0 bridgehead atoms. The van der Waals surface area contributed by atoms with Crippen molar-refractivity contribution in [2.75, 3.05) is 6.61 Å². The van der Waals surface area contributed by atoms with E-state index in [2.05, 4.69) is 34.6 Å². The molecule has 0 heterocycles. The molecule has 0 aliphatic carbocycles. The third-order valence-corrected chi connectivity index (χ3v) is 5.28. The van der Waals surface area contributed by atoms with Crippen molar-refractivity contribution in [3.63, 3.8) is 0 Å². The van der Waals surface area contributed by atoms with Crippen molar-refractivity contribution in [3.05, 3.63) is 0 Å². The molecule has 1 N–H and O–H groups in total. The third-order valence-electron chi connectivity index (χ3n) is 5.28. The first-order valence-corrected chi connectivity index (χ1v) is 9.96. The minimum atomic E-state index is -0.129. The summed E-state index contributed by atoms with van der Waals surface area (Å²) in [7, 11) is 0. The zero-order valence-electron chi connectivity index (χ0n) is 16.9. The zero-order chi connectivity index (χ0) is 18.5. The molecule has 0 aliphatic rings. The SMILES string of the molecule is CCC(C)(C)CCCCCC(O)CCCCCC(C)(C)COC=O. The van der Waals surface area contributed by atoms with E-state index in [0.717, 1.165) is 44.9 Å². The van der Waals surface area contributed by atoms with Crippen LogP contribution in [0.15, 0.2) is 0 Å². The third kappa shape index (κ3) is 13.8. The van der Waals surface area contributed by atoms with Crippen LogP contribution in [0.4, 0.5) is 0 Å². The van der Waals surface area contributed by atoms with Crippen LogP contribution in [0.3, 0.4) is 0 Å². The van der Waals surface area contributed by atoms with Crippen molar-refractivity contribution in [1.29, 1.82) is 0 Å². The smallest absolute Gasteiger partial charge is 0.293 e. The molecule has 1 unspecified atom stereocenters. The first-order valence-electron chi connectivity index (χ1n) is 9.96. The second kappa shape index (κ2) is 12.7. The number of carbonyl (C=O) groups is 1. The fourth-order valence-electron chi connectivity index (χ4n) is 2.97. The highest BCUT2D eigenvalue weighted by molar-refractivity contribution is 5.36. The molecule has 0 rings (SSSR count). The van der Waals surface area contributed by atoms with E-state index in [4.69, 9.17) is 4.74 Å². The number of hydrogen-bond donors (Lipinski definition) is 1. The first-order chi connectivity index (χ1) is 11.2. The van der Waals surface area contributed by atoms with Gasteiger partial charge in [-0.15, -0.1) is 0 Å². The number of aliphatic hydroxyl groups excluding tert-OH is 1. The van der Waals surface area contributed by atoms with Gasteiger partial charge in [0.05, 0.1) is 12.7 Å². The van der Waals surface area contributed by atoms with Gasteiger partial charge in [0, 0.05) is 0 Å². The van der Waals surface area contributed by atoms with Gasteiger partial charge in [-0.25, -0.2) is 0 Å². The van der Waals surface area contributed by atoms with Gasteiger partial charge in [0.15, 0.2) is 0 Å². The summed E-state index contributed by atoms with van der Waals surface area (Å²) in [5.74, 6) is 0. The van der Waals surface area contributed by atoms with Crippen molar-refractivity contribution in [2.24, 2.45) is 10.8 Å². The van der Waals surface area contributed by atoms with Gasteiger partial charge in [-0.05, 0) is 36.5 Å². The van der Waals surface area contributed by atoms with E-state index in [-0.39, 0.29) is 11.5 Å².